The highest BCUT2D eigenvalue weighted by Gasteiger charge is 2.21. The van der Waals surface area contributed by atoms with Crippen LogP contribution in [0.15, 0.2) is 54.9 Å². The second kappa shape index (κ2) is 8.89. The molecule has 0 unspecified atom stereocenters. The molecule has 3 N–H and O–H groups in total. The Morgan fingerprint density at radius 2 is 1.94 bits per heavy atom. The standard InChI is InChI=1S/C26H27N5O/c27-16-18-3-5-25-23(14-18)21(17-29-25)2-1-11-31-12-8-22(9-13-31)30-26(32)20-4-6-24-19(15-20)7-10-28-24/h3-7,10,14-15,17,22,28-29H,1-2,8-9,11-13H2,(H,30,32). The maximum absolute atomic E-state index is 12.7. The SMILES string of the molecule is N#Cc1ccc2[nH]cc(CCCN3CCC(NC(=O)c4ccc5[nH]ccc5c4)CC3)c2c1. The number of piperidine rings is 1. The van der Waals surface area contributed by atoms with Crippen molar-refractivity contribution in [3.63, 3.8) is 0 Å². The Hall–Kier alpha value is -3.56. The van der Waals surface area contributed by atoms with Gasteiger partial charge in [0, 0.05) is 58.9 Å². The molecule has 1 amide bonds. The zero-order valence-electron chi connectivity index (χ0n) is 18.0. The van der Waals surface area contributed by atoms with Gasteiger partial charge in [-0.3, -0.25) is 4.79 Å². The van der Waals surface area contributed by atoms with E-state index in [9.17, 15) is 4.79 Å². The lowest BCUT2D eigenvalue weighted by molar-refractivity contribution is 0.0911. The van der Waals surface area contributed by atoms with E-state index in [1.807, 2.05) is 48.7 Å². The number of hydrogen-bond donors (Lipinski definition) is 3. The lowest BCUT2D eigenvalue weighted by Gasteiger charge is -2.32. The van der Waals surface area contributed by atoms with E-state index in [0.717, 1.165) is 72.7 Å². The predicted molar refractivity (Wildman–Crippen MR) is 127 cm³/mol. The van der Waals surface area contributed by atoms with Gasteiger partial charge in [0.15, 0.2) is 0 Å². The van der Waals surface area contributed by atoms with E-state index in [0.29, 0.717) is 5.56 Å². The Labute approximate surface area is 187 Å². The van der Waals surface area contributed by atoms with Gasteiger partial charge in [-0.2, -0.15) is 5.26 Å². The van der Waals surface area contributed by atoms with Crippen molar-refractivity contribution in [1.29, 1.82) is 5.26 Å². The van der Waals surface area contributed by atoms with Crippen molar-refractivity contribution in [2.24, 2.45) is 0 Å². The summed E-state index contributed by atoms with van der Waals surface area (Å²) in [5, 5.41) is 14.6. The van der Waals surface area contributed by atoms with Gasteiger partial charge in [-0.15, -0.1) is 0 Å². The molecule has 162 valence electrons. The third-order valence-electron chi connectivity index (χ3n) is 6.56. The first-order valence-corrected chi connectivity index (χ1v) is 11.3. The Kier molecular flexibility index (Phi) is 5.66. The minimum absolute atomic E-state index is 0.0163. The van der Waals surface area contributed by atoms with Crippen molar-refractivity contribution in [1.82, 2.24) is 20.2 Å². The number of aromatic nitrogens is 2. The third-order valence-corrected chi connectivity index (χ3v) is 6.56. The van der Waals surface area contributed by atoms with Crippen molar-refractivity contribution in [2.75, 3.05) is 19.6 Å². The number of nitrogens with one attached hydrogen (secondary N) is 3. The van der Waals surface area contributed by atoms with Crippen molar-refractivity contribution in [2.45, 2.75) is 31.7 Å². The molecule has 0 atom stereocenters. The Morgan fingerprint density at radius 3 is 2.78 bits per heavy atom. The molecule has 1 aliphatic heterocycles. The first-order valence-electron chi connectivity index (χ1n) is 11.3. The highest BCUT2D eigenvalue weighted by molar-refractivity contribution is 5.98. The van der Waals surface area contributed by atoms with Crippen LogP contribution in [-0.2, 0) is 6.42 Å². The number of benzene rings is 2. The summed E-state index contributed by atoms with van der Waals surface area (Å²) in [5.74, 6) is 0.0163. The summed E-state index contributed by atoms with van der Waals surface area (Å²) >= 11 is 0. The van der Waals surface area contributed by atoms with Crippen LogP contribution in [0.25, 0.3) is 21.8 Å². The minimum atomic E-state index is 0.0163. The molecule has 2 aromatic heterocycles. The molecular weight excluding hydrogens is 398 g/mol. The van der Waals surface area contributed by atoms with E-state index in [4.69, 9.17) is 5.26 Å². The van der Waals surface area contributed by atoms with Gasteiger partial charge in [-0.25, -0.2) is 0 Å². The zero-order valence-corrected chi connectivity index (χ0v) is 18.0. The number of aryl methyl sites for hydroxylation is 1. The first kappa shape index (κ1) is 20.3. The number of rotatable bonds is 6. The average Bonchev–Trinajstić information content (AvgIpc) is 3.46. The molecule has 0 aliphatic carbocycles. The molecule has 4 aromatic rings. The Bertz CT molecular complexity index is 1290. The maximum atomic E-state index is 12.7. The van der Waals surface area contributed by atoms with Crippen LogP contribution in [0.4, 0.5) is 0 Å². The Morgan fingerprint density at radius 1 is 1.09 bits per heavy atom. The molecule has 1 fully saturated rings. The molecule has 0 spiro atoms. The summed E-state index contributed by atoms with van der Waals surface area (Å²) < 4.78 is 0. The Balaban J connectivity index is 1.09. The van der Waals surface area contributed by atoms with Crippen molar-refractivity contribution >= 4 is 27.7 Å². The lowest BCUT2D eigenvalue weighted by Crippen LogP contribution is -2.44. The summed E-state index contributed by atoms with van der Waals surface area (Å²) in [6, 6.07) is 16.0. The summed E-state index contributed by atoms with van der Waals surface area (Å²) in [6.45, 7) is 3.07. The quantitative estimate of drug-likeness (QED) is 0.429. The summed E-state index contributed by atoms with van der Waals surface area (Å²) in [5.41, 5.74) is 4.84. The van der Waals surface area contributed by atoms with Crippen molar-refractivity contribution in [3.05, 3.63) is 71.5 Å². The van der Waals surface area contributed by atoms with Crippen molar-refractivity contribution < 1.29 is 4.79 Å². The smallest absolute Gasteiger partial charge is 0.251 e. The number of carbonyl (C=O) groups excluding carboxylic acids is 1. The number of nitriles is 1. The maximum Gasteiger partial charge on any atom is 0.251 e. The van der Waals surface area contributed by atoms with Crippen LogP contribution in [0.5, 0.6) is 0 Å². The summed E-state index contributed by atoms with van der Waals surface area (Å²) in [4.78, 5) is 21.6. The van der Waals surface area contributed by atoms with Crippen LogP contribution in [-0.4, -0.2) is 46.5 Å². The van der Waals surface area contributed by atoms with Crippen LogP contribution >= 0.6 is 0 Å². The van der Waals surface area contributed by atoms with E-state index < -0.39 is 0 Å². The number of amides is 1. The summed E-state index contributed by atoms with van der Waals surface area (Å²) in [6.07, 6.45) is 8.00. The third kappa shape index (κ3) is 4.25. The molecule has 6 nitrogen and oxygen atoms in total. The highest BCUT2D eigenvalue weighted by atomic mass is 16.1. The summed E-state index contributed by atoms with van der Waals surface area (Å²) in [7, 11) is 0. The molecule has 5 rings (SSSR count). The van der Waals surface area contributed by atoms with E-state index >= 15 is 0 Å². The van der Waals surface area contributed by atoms with E-state index in [1.165, 1.54) is 5.56 Å². The second-order valence-corrected chi connectivity index (χ2v) is 8.66. The van der Waals surface area contributed by atoms with Crippen LogP contribution in [0.1, 0.15) is 40.7 Å². The molecule has 0 saturated carbocycles. The monoisotopic (exact) mass is 425 g/mol. The molecule has 0 bridgehead atoms. The molecule has 6 heteroatoms. The minimum Gasteiger partial charge on any atom is -0.361 e. The number of likely N-dealkylation sites (tertiary alicyclic amines) is 1. The van der Waals surface area contributed by atoms with Gasteiger partial charge in [0.2, 0.25) is 0 Å². The number of aromatic amines is 2. The first-order chi connectivity index (χ1) is 15.7. The molecule has 1 aliphatic rings. The number of nitrogens with zero attached hydrogens (tertiary/aromatic N) is 2. The van der Waals surface area contributed by atoms with Gasteiger partial charge < -0.3 is 20.2 Å². The van der Waals surface area contributed by atoms with Crippen LogP contribution in [0.2, 0.25) is 0 Å². The largest absolute Gasteiger partial charge is 0.361 e. The molecule has 32 heavy (non-hydrogen) atoms. The predicted octanol–water partition coefficient (Wildman–Crippen LogP) is 4.35. The molecule has 1 saturated heterocycles. The van der Waals surface area contributed by atoms with Gasteiger partial charge in [0.05, 0.1) is 11.6 Å². The fourth-order valence-electron chi connectivity index (χ4n) is 4.71. The van der Waals surface area contributed by atoms with Gasteiger partial charge in [-0.05, 0) is 80.3 Å². The van der Waals surface area contributed by atoms with E-state index in [2.05, 4.69) is 32.5 Å². The van der Waals surface area contributed by atoms with Gasteiger partial charge in [0.1, 0.15) is 0 Å². The molecule has 2 aromatic carbocycles. The number of H-pyrrole nitrogens is 2. The topological polar surface area (TPSA) is 87.7 Å². The zero-order chi connectivity index (χ0) is 21.9. The van der Waals surface area contributed by atoms with E-state index in [1.54, 1.807) is 0 Å². The number of carbonyl (C=O) groups is 1. The number of fused-ring (bicyclic) bond motifs is 2. The van der Waals surface area contributed by atoms with Gasteiger partial charge in [-0.1, -0.05) is 0 Å². The highest BCUT2D eigenvalue weighted by Crippen LogP contribution is 2.22. The van der Waals surface area contributed by atoms with Gasteiger partial charge >= 0.3 is 0 Å². The van der Waals surface area contributed by atoms with Gasteiger partial charge in [0.25, 0.3) is 5.91 Å². The normalized spacial score (nSPS) is 15.2. The van der Waals surface area contributed by atoms with Crippen molar-refractivity contribution in [3.8, 4) is 6.07 Å². The second-order valence-electron chi connectivity index (χ2n) is 8.66. The fourth-order valence-corrected chi connectivity index (χ4v) is 4.71. The van der Waals surface area contributed by atoms with Crippen LogP contribution < -0.4 is 5.32 Å². The molecule has 0 radical (unpaired) electrons. The lowest BCUT2D eigenvalue weighted by atomic mass is 10.0. The average molecular weight is 426 g/mol. The fraction of sp³-hybridized carbons (Fsp3) is 0.308. The molecule has 3 heterocycles. The number of hydrogen-bond acceptors (Lipinski definition) is 3. The van der Waals surface area contributed by atoms with Crippen LogP contribution in [0.3, 0.4) is 0 Å². The van der Waals surface area contributed by atoms with E-state index in [-0.39, 0.29) is 11.9 Å². The molecular formula is C26H27N5O. The van der Waals surface area contributed by atoms with Crippen LogP contribution in [0, 0.1) is 11.3 Å².